The Morgan fingerprint density at radius 1 is 0.966 bits per heavy atom. The van der Waals surface area contributed by atoms with Crippen LogP contribution in [0.4, 0.5) is 0 Å². The molecular formula is C25H31N3O. The number of aryl methyl sites for hydroxylation is 3. The molecule has 0 bridgehead atoms. The fourth-order valence-electron chi connectivity index (χ4n) is 4.40. The maximum absolute atomic E-state index is 13.3. The molecule has 1 saturated heterocycles. The zero-order valence-electron chi connectivity index (χ0n) is 17.8. The number of nitrogens with zero attached hydrogens (tertiary/aromatic N) is 3. The second kappa shape index (κ2) is 8.50. The molecule has 1 atom stereocenters. The smallest absolute Gasteiger partial charge is 0.257 e. The van der Waals surface area contributed by atoms with Crippen molar-refractivity contribution in [3.63, 3.8) is 0 Å². The van der Waals surface area contributed by atoms with Crippen molar-refractivity contribution < 1.29 is 4.79 Å². The van der Waals surface area contributed by atoms with Gasteiger partial charge in [-0.15, -0.1) is 0 Å². The molecule has 2 aliphatic heterocycles. The highest BCUT2D eigenvalue weighted by Gasteiger charge is 2.34. The SMILES string of the molecule is Cc1ccc(C2=NN(C(=O)CN3CCCCC3)[C@H](c3cc(C)ccc3C)C2)cc1. The number of hydrogen-bond acceptors (Lipinski definition) is 3. The van der Waals surface area contributed by atoms with Crippen LogP contribution in [0.3, 0.4) is 0 Å². The molecule has 2 aromatic rings. The molecule has 2 aromatic carbocycles. The standard InChI is InChI=1S/C25H31N3O/c1-18-8-11-21(12-9-18)23-16-24(22-15-19(2)7-10-20(22)3)28(26-23)25(29)17-27-13-5-4-6-14-27/h7-12,15,24H,4-6,13-14,16-17H2,1-3H3/t24-/m0/s1. The zero-order valence-corrected chi connectivity index (χ0v) is 17.8. The zero-order chi connectivity index (χ0) is 20.4. The van der Waals surface area contributed by atoms with Crippen LogP contribution >= 0.6 is 0 Å². The van der Waals surface area contributed by atoms with Crippen molar-refractivity contribution in [2.75, 3.05) is 19.6 Å². The Kier molecular flexibility index (Phi) is 5.81. The van der Waals surface area contributed by atoms with Gasteiger partial charge in [-0.3, -0.25) is 9.69 Å². The molecule has 152 valence electrons. The fraction of sp³-hybridized carbons (Fsp3) is 0.440. The van der Waals surface area contributed by atoms with Crippen LogP contribution in [0.2, 0.25) is 0 Å². The molecule has 0 aliphatic carbocycles. The van der Waals surface area contributed by atoms with E-state index in [9.17, 15) is 4.79 Å². The molecule has 0 spiro atoms. The molecule has 0 saturated carbocycles. The number of hydrazone groups is 1. The predicted molar refractivity (Wildman–Crippen MR) is 118 cm³/mol. The first-order valence-corrected chi connectivity index (χ1v) is 10.8. The molecule has 0 aromatic heterocycles. The average Bonchev–Trinajstić information content (AvgIpc) is 3.16. The lowest BCUT2D eigenvalue weighted by atomic mass is 9.93. The monoisotopic (exact) mass is 389 g/mol. The van der Waals surface area contributed by atoms with Gasteiger partial charge in [-0.2, -0.15) is 5.10 Å². The molecule has 0 unspecified atom stereocenters. The molecule has 1 amide bonds. The molecular weight excluding hydrogens is 358 g/mol. The highest BCUT2D eigenvalue weighted by molar-refractivity contribution is 6.03. The van der Waals surface area contributed by atoms with Crippen molar-refractivity contribution in [1.82, 2.24) is 9.91 Å². The summed E-state index contributed by atoms with van der Waals surface area (Å²) in [4.78, 5) is 15.6. The molecule has 4 rings (SSSR count). The number of rotatable bonds is 4. The molecule has 4 nitrogen and oxygen atoms in total. The fourth-order valence-corrected chi connectivity index (χ4v) is 4.40. The minimum Gasteiger partial charge on any atom is -0.294 e. The summed E-state index contributed by atoms with van der Waals surface area (Å²) in [5.74, 6) is 0.111. The number of amides is 1. The minimum atomic E-state index is -0.0245. The lowest BCUT2D eigenvalue weighted by molar-refractivity contribution is -0.134. The van der Waals surface area contributed by atoms with Gasteiger partial charge < -0.3 is 0 Å². The van der Waals surface area contributed by atoms with E-state index < -0.39 is 0 Å². The lowest BCUT2D eigenvalue weighted by Crippen LogP contribution is -2.40. The molecule has 0 N–H and O–H groups in total. The summed E-state index contributed by atoms with van der Waals surface area (Å²) >= 11 is 0. The largest absolute Gasteiger partial charge is 0.294 e. The van der Waals surface area contributed by atoms with Crippen molar-refractivity contribution in [2.24, 2.45) is 5.10 Å². The quantitative estimate of drug-likeness (QED) is 0.755. The molecule has 0 radical (unpaired) electrons. The predicted octanol–water partition coefficient (Wildman–Crippen LogP) is 4.78. The molecule has 2 heterocycles. The highest BCUT2D eigenvalue weighted by atomic mass is 16.2. The van der Waals surface area contributed by atoms with E-state index >= 15 is 0 Å². The molecule has 2 aliphatic rings. The Bertz CT molecular complexity index is 910. The number of hydrogen-bond donors (Lipinski definition) is 0. The van der Waals surface area contributed by atoms with Gasteiger partial charge in [-0.1, -0.05) is 60.0 Å². The first-order valence-electron chi connectivity index (χ1n) is 10.8. The van der Waals surface area contributed by atoms with Gasteiger partial charge in [0.1, 0.15) is 0 Å². The van der Waals surface area contributed by atoms with Gasteiger partial charge in [0.2, 0.25) is 0 Å². The average molecular weight is 390 g/mol. The van der Waals surface area contributed by atoms with Gasteiger partial charge in [-0.25, -0.2) is 5.01 Å². The molecule has 1 fully saturated rings. The first-order chi connectivity index (χ1) is 14.0. The number of piperidine rings is 1. The van der Waals surface area contributed by atoms with Crippen LogP contribution in [0, 0.1) is 20.8 Å². The normalized spacial score (nSPS) is 20.0. The topological polar surface area (TPSA) is 35.9 Å². The third-order valence-electron chi connectivity index (χ3n) is 6.15. The Balaban J connectivity index is 1.64. The first kappa shape index (κ1) is 19.8. The van der Waals surface area contributed by atoms with Crippen LogP contribution in [0.15, 0.2) is 47.6 Å². The molecule has 29 heavy (non-hydrogen) atoms. The maximum Gasteiger partial charge on any atom is 0.257 e. The molecule has 4 heteroatoms. The van der Waals surface area contributed by atoms with Crippen LogP contribution in [-0.2, 0) is 4.79 Å². The summed E-state index contributed by atoms with van der Waals surface area (Å²) in [6.45, 7) is 8.83. The summed E-state index contributed by atoms with van der Waals surface area (Å²) in [6.07, 6.45) is 4.41. The van der Waals surface area contributed by atoms with E-state index in [4.69, 9.17) is 5.10 Å². The summed E-state index contributed by atoms with van der Waals surface area (Å²) in [6, 6.07) is 14.9. The van der Waals surface area contributed by atoms with Gasteiger partial charge in [0.25, 0.3) is 5.91 Å². The van der Waals surface area contributed by atoms with E-state index in [2.05, 4.69) is 68.1 Å². The van der Waals surface area contributed by atoms with Gasteiger partial charge >= 0.3 is 0 Å². The van der Waals surface area contributed by atoms with Crippen molar-refractivity contribution in [3.8, 4) is 0 Å². The maximum atomic E-state index is 13.3. The van der Waals surface area contributed by atoms with Crippen LogP contribution in [0.1, 0.15) is 59.5 Å². The van der Waals surface area contributed by atoms with Crippen LogP contribution in [0.5, 0.6) is 0 Å². The van der Waals surface area contributed by atoms with E-state index in [0.29, 0.717) is 6.54 Å². The number of carbonyl (C=O) groups excluding carboxylic acids is 1. The summed E-state index contributed by atoms with van der Waals surface area (Å²) < 4.78 is 0. The Morgan fingerprint density at radius 2 is 1.66 bits per heavy atom. The van der Waals surface area contributed by atoms with Gasteiger partial charge in [0.05, 0.1) is 18.3 Å². The Hall–Kier alpha value is -2.46. The summed E-state index contributed by atoms with van der Waals surface area (Å²) in [5, 5.41) is 6.63. The van der Waals surface area contributed by atoms with Crippen molar-refractivity contribution in [2.45, 2.75) is 52.5 Å². The van der Waals surface area contributed by atoms with Crippen LogP contribution in [-0.4, -0.2) is 41.2 Å². The third-order valence-corrected chi connectivity index (χ3v) is 6.15. The van der Waals surface area contributed by atoms with Crippen LogP contribution in [0.25, 0.3) is 0 Å². The van der Waals surface area contributed by atoms with E-state index in [1.807, 2.05) is 0 Å². The van der Waals surface area contributed by atoms with Crippen molar-refractivity contribution >= 4 is 11.6 Å². The van der Waals surface area contributed by atoms with Crippen LogP contribution < -0.4 is 0 Å². The van der Waals surface area contributed by atoms with E-state index in [0.717, 1.165) is 30.8 Å². The number of likely N-dealkylation sites (tertiary alicyclic amines) is 1. The van der Waals surface area contributed by atoms with E-state index in [1.54, 1.807) is 5.01 Å². The van der Waals surface area contributed by atoms with Gasteiger partial charge in [0, 0.05) is 6.42 Å². The minimum absolute atomic E-state index is 0.0245. The van der Waals surface area contributed by atoms with E-state index in [-0.39, 0.29) is 11.9 Å². The summed E-state index contributed by atoms with van der Waals surface area (Å²) in [7, 11) is 0. The summed E-state index contributed by atoms with van der Waals surface area (Å²) in [5.41, 5.74) is 7.00. The van der Waals surface area contributed by atoms with Crippen molar-refractivity contribution in [3.05, 3.63) is 70.3 Å². The van der Waals surface area contributed by atoms with Crippen molar-refractivity contribution in [1.29, 1.82) is 0 Å². The van der Waals surface area contributed by atoms with E-state index in [1.165, 1.54) is 41.5 Å². The lowest BCUT2D eigenvalue weighted by Gasteiger charge is -2.29. The number of benzene rings is 2. The van der Waals surface area contributed by atoms with Gasteiger partial charge in [0.15, 0.2) is 0 Å². The second-order valence-electron chi connectivity index (χ2n) is 8.57. The Morgan fingerprint density at radius 3 is 2.38 bits per heavy atom. The second-order valence-corrected chi connectivity index (χ2v) is 8.57. The third kappa shape index (κ3) is 4.43. The van der Waals surface area contributed by atoms with Gasteiger partial charge in [-0.05, 0) is 63.4 Å². The number of carbonyl (C=O) groups is 1. The highest BCUT2D eigenvalue weighted by Crippen LogP contribution is 2.35. The Labute approximate surface area is 174 Å².